The van der Waals surface area contributed by atoms with Crippen molar-refractivity contribution < 1.29 is 14.6 Å². The highest BCUT2D eigenvalue weighted by Gasteiger charge is 2.32. The zero-order chi connectivity index (χ0) is 15.5. The largest absolute Gasteiger partial charge is 0.444 e. The molecular formula is C17H25NO3. The van der Waals surface area contributed by atoms with Gasteiger partial charge in [-0.1, -0.05) is 30.3 Å². The SMILES string of the molecule is CC(C)(C)OC(=O)N1CC[C@H](Cc2ccccc2)[C@@H](O)C1. The molecule has 1 heterocycles. The van der Waals surface area contributed by atoms with Gasteiger partial charge in [0.1, 0.15) is 5.60 Å². The standard InChI is InChI=1S/C17H25NO3/c1-17(2,3)21-16(20)18-10-9-14(15(19)12-18)11-13-7-5-4-6-8-13/h4-8,14-15,19H,9-12H2,1-3H3/t14-,15+/m1/s1. The number of carbonyl (C=O) groups excluding carboxylic acids is 1. The van der Waals surface area contributed by atoms with E-state index in [4.69, 9.17) is 4.74 Å². The molecule has 0 radical (unpaired) electrons. The number of benzene rings is 1. The molecular weight excluding hydrogens is 266 g/mol. The number of amides is 1. The van der Waals surface area contributed by atoms with E-state index in [-0.39, 0.29) is 12.0 Å². The molecule has 21 heavy (non-hydrogen) atoms. The van der Waals surface area contributed by atoms with Crippen LogP contribution in [-0.2, 0) is 11.2 Å². The van der Waals surface area contributed by atoms with Gasteiger partial charge in [0.05, 0.1) is 12.6 Å². The van der Waals surface area contributed by atoms with E-state index in [1.165, 1.54) is 5.56 Å². The first-order chi connectivity index (χ1) is 9.85. The minimum Gasteiger partial charge on any atom is -0.444 e. The van der Waals surface area contributed by atoms with Crippen LogP contribution in [0.25, 0.3) is 0 Å². The lowest BCUT2D eigenvalue weighted by molar-refractivity contribution is -0.0125. The number of hydrogen-bond donors (Lipinski definition) is 1. The molecule has 1 aliphatic rings. The van der Waals surface area contributed by atoms with E-state index in [0.29, 0.717) is 13.1 Å². The van der Waals surface area contributed by atoms with Crippen LogP contribution in [0.1, 0.15) is 32.8 Å². The van der Waals surface area contributed by atoms with E-state index in [0.717, 1.165) is 12.8 Å². The van der Waals surface area contributed by atoms with Gasteiger partial charge in [0.15, 0.2) is 0 Å². The first-order valence-electron chi connectivity index (χ1n) is 7.55. The van der Waals surface area contributed by atoms with Crippen LogP contribution in [0.4, 0.5) is 4.79 Å². The monoisotopic (exact) mass is 291 g/mol. The Labute approximate surface area is 126 Å². The Balaban J connectivity index is 1.89. The van der Waals surface area contributed by atoms with E-state index in [9.17, 15) is 9.90 Å². The third-order valence-electron chi connectivity index (χ3n) is 3.71. The van der Waals surface area contributed by atoms with E-state index in [2.05, 4.69) is 12.1 Å². The van der Waals surface area contributed by atoms with Crippen molar-refractivity contribution in [1.82, 2.24) is 4.90 Å². The third-order valence-corrected chi connectivity index (χ3v) is 3.71. The van der Waals surface area contributed by atoms with Crippen LogP contribution in [0.3, 0.4) is 0 Å². The first kappa shape index (κ1) is 15.8. The topological polar surface area (TPSA) is 49.8 Å². The van der Waals surface area contributed by atoms with Gasteiger partial charge in [-0.25, -0.2) is 4.79 Å². The van der Waals surface area contributed by atoms with E-state index < -0.39 is 11.7 Å². The lowest BCUT2D eigenvalue weighted by Gasteiger charge is -2.36. The minimum absolute atomic E-state index is 0.200. The van der Waals surface area contributed by atoms with Crippen molar-refractivity contribution >= 4 is 6.09 Å². The zero-order valence-electron chi connectivity index (χ0n) is 13.1. The number of piperidine rings is 1. The summed E-state index contributed by atoms with van der Waals surface area (Å²) in [6.45, 7) is 6.55. The maximum atomic E-state index is 12.0. The number of hydrogen-bond acceptors (Lipinski definition) is 3. The molecule has 2 rings (SSSR count). The van der Waals surface area contributed by atoms with Crippen LogP contribution in [0, 0.1) is 5.92 Å². The summed E-state index contributed by atoms with van der Waals surface area (Å²) in [5, 5.41) is 10.3. The third kappa shape index (κ3) is 4.74. The molecule has 1 aromatic rings. The van der Waals surface area contributed by atoms with E-state index >= 15 is 0 Å². The van der Waals surface area contributed by atoms with Crippen LogP contribution in [-0.4, -0.2) is 40.9 Å². The van der Waals surface area contributed by atoms with Gasteiger partial charge in [-0.2, -0.15) is 0 Å². The highest BCUT2D eigenvalue weighted by molar-refractivity contribution is 5.68. The Morgan fingerprint density at radius 3 is 2.57 bits per heavy atom. The quantitative estimate of drug-likeness (QED) is 0.911. The number of ether oxygens (including phenoxy) is 1. The van der Waals surface area contributed by atoms with Gasteiger partial charge >= 0.3 is 6.09 Å². The second-order valence-electron chi connectivity index (χ2n) is 6.73. The molecule has 0 bridgehead atoms. The Morgan fingerprint density at radius 2 is 2.00 bits per heavy atom. The van der Waals surface area contributed by atoms with Crippen molar-refractivity contribution in [3.05, 3.63) is 35.9 Å². The summed E-state index contributed by atoms with van der Waals surface area (Å²) >= 11 is 0. The molecule has 4 heteroatoms. The summed E-state index contributed by atoms with van der Waals surface area (Å²) in [6, 6.07) is 10.2. The van der Waals surface area contributed by atoms with Crippen molar-refractivity contribution in [1.29, 1.82) is 0 Å². The second kappa shape index (κ2) is 6.48. The second-order valence-corrected chi connectivity index (χ2v) is 6.73. The smallest absolute Gasteiger partial charge is 0.410 e. The van der Waals surface area contributed by atoms with E-state index in [1.54, 1.807) is 4.90 Å². The molecule has 1 saturated heterocycles. The summed E-state index contributed by atoms with van der Waals surface area (Å²) in [4.78, 5) is 13.6. The lowest BCUT2D eigenvalue weighted by atomic mass is 9.88. The van der Waals surface area contributed by atoms with Crippen LogP contribution in [0.15, 0.2) is 30.3 Å². The van der Waals surface area contributed by atoms with Gasteiger partial charge in [0, 0.05) is 6.54 Å². The van der Waals surface area contributed by atoms with E-state index in [1.807, 2.05) is 39.0 Å². The fourth-order valence-electron chi connectivity index (χ4n) is 2.63. The van der Waals surface area contributed by atoms with Crippen molar-refractivity contribution in [2.24, 2.45) is 5.92 Å². The number of aliphatic hydroxyl groups is 1. The summed E-state index contributed by atoms with van der Waals surface area (Å²) < 4.78 is 5.35. The van der Waals surface area contributed by atoms with Crippen molar-refractivity contribution in [2.75, 3.05) is 13.1 Å². The van der Waals surface area contributed by atoms with Gasteiger partial charge in [0.2, 0.25) is 0 Å². The summed E-state index contributed by atoms with van der Waals surface area (Å²) in [5.41, 5.74) is 0.732. The fourth-order valence-corrected chi connectivity index (χ4v) is 2.63. The summed E-state index contributed by atoms with van der Waals surface area (Å²) in [7, 11) is 0. The Hall–Kier alpha value is -1.55. The average molecular weight is 291 g/mol. The molecule has 0 saturated carbocycles. The van der Waals surface area contributed by atoms with Gasteiger partial charge < -0.3 is 14.7 Å². The van der Waals surface area contributed by atoms with Gasteiger partial charge in [-0.15, -0.1) is 0 Å². The number of likely N-dealkylation sites (tertiary alicyclic amines) is 1. The number of β-amino-alcohol motifs (C(OH)–C–C–N with tert-alkyl or cyclic N) is 1. The molecule has 0 aromatic heterocycles. The number of aliphatic hydroxyl groups excluding tert-OH is 1. The molecule has 0 spiro atoms. The average Bonchev–Trinajstić information content (AvgIpc) is 2.40. The lowest BCUT2D eigenvalue weighted by Crippen LogP contribution is -2.48. The molecule has 0 aliphatic carbocycles. The molecule has 1 aliphatic heterocycles. The summed E-state index contributed by atoms with van der Waals surface area (Å²) in [5.74, 6) is 0.200. The fraction of sp³-hybridized carbons (Fsp3) is 0.588. The normalized spacial score (nSPS) is 23.0. The van der Waals surface area contributed by atoms with Crippen LogP contribution < -0.4 is 0 Å². The molecule has 2 atom stereocenters. The number of rotatable bonds is 2. The Morgan fingerprint density at radius 1 is 1.33 bits per heavy atom. The van der Waals surface area contributed by atoms with Crippen LogP contribution in [0.2, 0.25) is 0 Å². The highest BCUT2D eigenvalue weighted by atomic mass is 16.6. The van der Waals surface area contributed by atoms with Gasteiger partial charge in [-0.05, 0) is 45.1 Å². The van der Waals surface area contributed by atoms with Crippen LogP contribution in [0.5, 0.6) is 0 Å². The minimum atomic E-state index is -0.497. The molecule has 1 amide bonds. The molecule has 116 valence electrons. The number of carbonyl (C=O) groups is 1. The Bertz CT molecular complexity index is 467. The maximum Gasteiger partial charge on any atom is 0.410 e. The molecule has 1 fully saturated rings. The maximum absolute atomic E-state index is 12.0. The summed E-state index contributed by atoms with van der Waals surface area (Å²) in [6.07, 6.45) is 0.825. The predicted octanol–water partition coefficient (Wildman–Crippen LogP) is 2.85. The predicted molar refractivity (Wildman–Crippen MR) is 82.1 cm³/mol. The van der Waals surface area contributed by atoms with Crippen molar-refractivity contribution in [3.63, 3.8) is 0 Å². The van der Waals surface area contributed by atoms with Crippen molar-refractivity contribution in [2.45, 2.75) is 45.3 Å². The molecule has 1 aromatic carbocycles. The molecule has 1 N–H and O–H groups in total. The molecule has 4 nitrogen and oxygen atoms in total. The number of nitrogens with zero attached hydrogens (tertiary/aromatic N) is 1. The highest BCUT2D eigenvalue weighted by Crippen LogP contribution is 2.23. The first-order valence-corrected chi connectivity index (χ1v) is 7.55. The van der Waals surface area contributed by atoms with Gasteiger partial charge in [0.25, 0.3) is 0 Å². The van der Waals surface area contributed by atoms with Crippen molar-refractivity contribution in [3.8, 4) is 0 Å². The zero-order valence-corrected chi connectivity index (χ0v) is 13.1. The van der Waals surface area contributed by atoms with Gasteiger partial charge in [-0.3, -0.25) is 0 Å². The van der Waals surface area contributed by atoms with Crippen LogP contribution >= 0.6 is 0 Å². The molecule has 0 unspecified atom stereocenters. The Kier molecular flexibility index (Phi) is 4.88.